The lowest BCUT2D eigenvalue weighted by molar-refractivity contribution is -0.131. The predicted octanol–water partition coefficient (Wildman–Crippen LogP) is 1.11. The van der Waals surface area contributed by atoms with Gasteiger partial charge in [-0.15, -0.1) is 16.9 Å². The molecule has 29 heavy (non-hydrogen) atoms. The summed E-state index contributed by atoms with van der Waals surface area (Å²) in [6, 6.07) is 10.5. The summed E-state index contributed by atoms with van der Waals surface area (Å²) in [6.07, 6.45) is 3.02. The van der Waals surface area contributed by atoms with Gasteiger partial charge in [0.05, 0.1) is 17.6 Å². The molecule has 3 fully saturated rings. The monoisotopic (exact) mass is 413 g/mol. The number of tetrazole rings is 1. The molecule has 1 aromatic heterocycles. The van der Waals surface area contributed by atoms with Crippen LogP contribution in [0.3, 0.4) is 0 Å². The van der Waals surface area contributed by atoms with Crippen LogP contribution in [0.25, 0.3) is 5.69 Å². The second-order valence-corrected chi connectivity index (χ2v) is 9.16. The highest BCUT2D eigenvalue weighted by Gasteiger charge is 2.37. The summed E-state index contributed by atoms with van der Waals surface area (Å²) >= 11 is 1.85. The third kappa shape index (κ3) is 3.91. The summed E-state index contributed by atoms with van der Waals surface area (Å²) in [7, 11) is 0. The van der Waals surface area contributed by atoms with Crippen molar-refractivity contribution < 1.29 is 4.79 Å². The average molecular weight is 414 g/mol. The van der Waals surface area contributed by atoms with Crippen molar-refractivity contribution in [1.29, 1.82) is 0 Å². The topological polar surface area (TPSA) is 79.2 Å². The number of amides is 1. The number of piperidine rings is 1. The molecule has 5 rings (SSSR count). The van der Waals surface area contributed by atoms with Crippen LogP contribution in [0, 0.1) is 0 Å². The van der Waals surface area contributed by atoms with Crippen LogP contribution in [0.5, 0.6) is 0 Å². The van der Waals surface area contributed by atoms with Crippen LogP contribution in [-0.2, 0) is 4.79 Å². The van der Waals surface area contributed by atoms with E-state index in [0.29, 0.717) is 12.0 Å². The molecule has 2 aromatic rings. The minimum Gasteiger partial charge on any atom is -0.331 e. The molecule has 0 radical (unpaired) electrons. The Labute approximate surface area is 175 Å². The quantitative estimate of drug-likeness (QED) is 0.804. The SMILES string of the molecule is O=C([C@@H]1C[C@H](N2CCC(c3nnnn3-c3ccccc3)CC2)CN1)N1CCSC1. The van der Waals surface area contributed by atoms with Crippen LogP contribution in [0.2, 0.25) is 0 Å². The maximum absolute atomic E-state index is 12.7. The molecule has 0 aliphatic carbocycles. The van der Waals surface area contributed by atoms with Gasteiger partial charge in [0, 0.05) is 30.8 Å². The van der Waals surface area contributed by atoms with E-state index in [0.717, 1.165) is 68.6 Å². The molecule has 1 N–H and O–H groups in total. The molecule has 3 aliphatic heterocycles. The van der Waals surface area contributed by atoms with Crippen LogP contribution in [0.1, 0.15) is 31.0 Å². The summed E-state index contributed by atoms with van der Waals surface area (Å²) in [4.78, 5) is 17.2. The molecule has 4 heterocycles. The molecule has 2 atom stereocenters. The largest absolute Gasteiger partial charge is 0.331 e. The predicted molar refractivity (Wildman–Crippen MR) is 112 cm³/mol. The van der Waals surface area contributed by atoms with Gasteiger partial charge in [0.2, 0.25) is 5.91 Å². The molecule has 0 unspecified atom stereocenters. The van der Waals surface area contributed by atoms with Gasteiger partial charge in [0.25, 0.3) is 0 Å². The van der Waals surface area contributed by atoms with Crippen molar-refractivity contribution in [1.82, 2.24) is 35.3 Å². The number of hydrogen-bond donors (Lipinski definition) is 1. The van der Waals surface area contributed by atoms with Gasteiger partial charge >= 0.3 is 0 Å². The van der Waals surface area contributed by atoms with Crippen molar-refractivity contribution in [3.63, 3.8) is 0 Å². The molecular weight excluding hydrogens is 386 g/mol. The zero-order valence-corrected chi connectivity index (χ0v) is 17.3. The second-order valence-electron chi connectivity index (χ2n) is 8.08. The van der Waals surface area contributed by atoms with Gasteiger partial charge in [-0.3, -0.25) is 9.69 Å². The van der Waals surface area contributed by atoms with Crippen molar-refractivity contribution in [2.24, 2.45) is 0 Å². The Morgan fingerprint density at radius 1 is 1.14 bits per heavy atom. The van der Waals surface area contributed by atoms with Crippen molar-refractivity contribution in [2.75, 3.05) is 37.8 Å². The third-order valence-corrected chi connectivity index (χ3v) is 7.34. The third-order valence-electron chi connectivity index (χ3n) is 6.38. The van der Waals surface area contributed by atoms with Gasteiger partial charge in [-0.1, -0.05) is 18.2 Å². The molecule has 154 valence electrons. The van der Waals surface area contributed by atoms with Crippen LogP contribution in [-0.4, -0.2) is 85.8 Å². The summed E-state index contributed by atoms with van der Waals surface area (Å²) < 4.78 is 1.88. The smallest absolute Gasteiger partial charge is 0.240 e. The second kappa shape index (κ2) is 8.41. The lowest BCUT2D eigenvalue weighted by Gasteiger charge is -2.35. The minimum absolute atomic E-state index is 0.0122. The van der Waals surface area contributed by atoms with E-state index in [9.17, 15) is 4.79 Å². The molecular formula is C20H27N7OS. The number of thioether (sulfide) groups is 1. The first-order chi connectivity index (χ1) is 14.3. The number of aromatic nitrogens is 4. The molecule has 0 spiro atoms. The number of rotatable bonds is 4. The number of benzene rings is 1. The lowest BCUT2D eigenvalue weighted by atomic mass is 9.94. The van der Waals surface area contributed by atoms with Crippen molar-refractivity contribution in [2.45, 2.75) is 37.3 Å². The molecule has 1 amide bonds. The average Bonchev–Trinajstić information content (AvgIpc) is 3.56. The van der Waals surface area contributed by atoms with Gasteiger partial charge in [-0.2, -0.15) is 4.68 Å². The number of hydrogen-bond acceptors (Lipinski definition) is 7. The minimum atomic E-state index is -0.0122. The summed E-state index contributed by atoms with van der Waals surface area (Å²) in [6.45, 7) is 3.86. The molecule has 1 aromatic carbocycles. The Kier molecular flexibility index (Phi) is 5.52. The highest BCUT2D eigenvalue weighted by molar-refractivity contribution is 7.99. The normalized spacial score (nSPS) is 26.3. The fraction of sp³-hybridized carbons (Fsp3) is 0.600. The van der Waals surface area contributed by atoms with Crippen molar-refractivity contribution in [3.05, 3.63) is 36.2 Å². The first-order valence-corrected chi connectivity index (χ1v) is 11.6. The van der Waals surface area contributed by atoms with Gasteiger partial charge in [0.15, 0.2) is 5.82 Å². The number of carbonyl (C=O) groups excluding carboxylic acids is 1. The van der Waals surface area contributed by atoms with E-state index in [1.165, 1.54) is 0 Å². The molecule has 0 saturated carbocycles. The number of likely N-dealkylation sites (tertiary alicyclic amines) is 1. The van der Waals surface area contributed by atoms with Crippen molar-refractivity contribution >= 4 is 17.7 Å². The fourth-order valence-electron chi connectivity index (χ4n) is 4.72. The van der Waals surface area contributed by atoms with Gasteiger partial charge < -0.3 is 10.2 Å². The Hall–Kier alpha value is -1.97. The van der Waals surface area contributed by atoms with Crippen LogP contribution in [0.15, 0.2) is 30.3 Å². The van der Waals surface area contributed by atoms with E-state index >= 15 is 0 Å². The lowest BCUT2D eigenvalue weighted by Crippen LogP contribution is -2.42. The summed E-state index contributed by atoms with van der Waals surface area (Å²) in [5, 5.41) is 16.0. The van der Waals surface area contributed by atoms with E-state index in [1.54, 1.807) is 0 Å². The number of nitrogens with one attached hydrogen (secondary N) is 1. The molecule has 0 bridgehead atoms. The Morgan fingerprint density at radius 2 is 1.97 bits per heavy atom. The summed E-state index contributed by atoms with van der Waals surface area (Å²) in [5.41, 5.74) is 1.01. The van der Waals surface area contributed by atoms with E-state index in [4.69, 9.17) is 0 Å². The van der Waals surface area contributed by atoms with Crippen LogP contribution in [0.4, 0.5) is 0 Å². The number of para-hydroxylation sites is 1. The highest BCUT2D eigenvalue weighted by atomic mass is 32.2. The first kappa shape index (κ1) is 19.0. The van der Waals surface area contributed by atoms with Crippen LogP contribution < -0.4 is 5.32 Å². The van der Waals surface area contributed by atoms with Gasteiger partial charge in [0.1, 0.15) is 0 Å². The molecule has 3 aliphatic rings. The van der Waals surface area contributed by atoms with Crippen LogP contribution >= 0.6 is 11.8 Å². The molecule has 8 nitrogen and oxygen atoms in total. The maximum atomic E-state index is 12.7. The van der Waals surface area contributed by atoms with Gasteiger partial charge in [-0.05, 0) is 54.9 Å². The number of carbonyl (C=O) groups is 1. The van der Waals surface area contributed by atoms with Gasteiger partial charge in [-0.25, -0.2) is 0 Å². The number of nitrogens with zero attached hydrogens (tertiary/aromatic N) is 6. The Balaban J connectivity index is 1.18. The van der Waals surface area contributed by atoms with E-state index < -0.39 is 0 Å². The maximum Gasteiger partial charge on any atom is 0.240 e. The van der Waals surface area contributed by atoms with E-state index in [2.05, 4.69) is 25.7 Å². The fourth-order valence-corrected chi connectivity index (χ4v) is 5.67. The van der Waals surface area contributed by atoms with E-state index in [-0.39, 0.29) is 11.9 Å². The molecule has 3 saturated heterocycles. The highest BCUT2D eigenvalue weighted by Crippen LogP contribution is 2.30. The Morgan fingerprint density at radius 3 is 2.72 bits per heavy atom. The summed E-state index contributed by atoms with van der Waals surface area (Å²) in [5.74, 6) is 3.53. The zero-order valence-electron chi connectivity index (χ0n) is 16.5. The first-order valence-electron chi connectivity index (χ1n) is 10.5. The Bertz CT molecular complexity index is 830. The molecule has 9 heteroatoms. The standard InChI is InChI=1S/C20H27N7OS/c28-20(26-10-11-29-14-26)18-12-17(13-21-18)25-8-6-15(7-9-25)19-22-23-24-27(19)16-4-2-1-3-5-16/h1-5,15,17-18,21H,6-14H2/t17-,18-/m0/s1. The van der Waals surface area contributed by atoms with Crippen molar-refractivity contribution in [3.8, 4) is 5.69 Å². The zero-order chi connectivity index (χ0) is 19.6. The van der Waals surface area contributed by atoms with E-state index in [1.807, 2.05) is 51.7 Å².